The van der Waals surface area contributed by atoms with Crippen molar-refractivity contribution < 1.29 is 14.3 Å². The van der Waals surface area contributed by atoms with Crippen LogP contribution < -0.4 is 15.8 Å². The van der Waals surface area contributed by atoms with Gasteiger partial charge in [-0.25, -0.2) is 4.98 Å². The van der Waals surface area contributed by atoms with Crippen molar-refractivity contribution in [2.24, 2.45) is 5.73 Å². The Morgan fingerprint density at radius 2 is 2.24 bits per heavy atom. The van der Waals surface area contributed by atoms with E-state index in [9.17, 15) is 4.79 Å². The number of rotatable bonds is 6. The molecule has 1 saturated heterocycles. The normalized spacial score (nSPS) is 16.8. The lowest BCUT2D eigenvalue weighted by Crippen LogP contribution is -2.26. The molecule has 1 aliphatic heterocycles. The molecule has 1 fully saturated rings. The Labute approximate surface area is 157 Å². The first-order valence-electron chi connectivity index (χ1n) is 8.05. The van der Waals surface area contributed by atoms with Crippen LogP contribution in [0, 0.1) is 0 Å². The first-order chi connectivity index (χ1) is 11.8. The van der Waals surface area contributed by atoms with E-state index < -0.39 is 0 Å². The molecule has 1 amide bonds. The molecule has 25 heavy (non-hydrogen) atoms. The number of para-hydroxylation sites is 2. The van der Waals surface area contributed by atoms with Gasteiger partial charge in [-0.1, -0.05) is 12.1 Å². The second kappa shape index (κ2) is 9.72. The van der Waals surface area contributed by atoms with Crippen LogP contribution in [0.5, 0.6) is 5.75 Å². The van der Waals surface area contributed by atoms with Crippen LogP contribution in [-0.2, 0) is 11.3 Å². The highest BCUT2D eigenvalue weighted by Crippen LogP contribution is 2.25. The van der Waals surface area contributed by atoms with Gasteiger partial charge in [-0.2, -0.15) is 0 Å². The number of carbonyl (C=O) groups is 1. The molecule has 0 aliphatic carbocycles. The molecule has 6 nitrogen and oxygen atoms in total. The van der Waals surface area contributed by atoms with Crippen molar-refractivity contribution in [2.75, 3.05) is 18.5 Å². The molecule has 1 aromatic heterocycles. The SMILES string of the molecule is Cl.NCc1nc(C(=O)Nc2ccccc2OCC2CCCCO2)cs1. The van der Waals surface area contributed by atoms with Crippen molar-refractivity contribution in [3.05, 3.63) is 40.3 Å². The molecule has 0 radical (unpaired) electrons. The Bertz CT molecular complexity index is 689. The summed E-state index contributed by atoms with van der Waals surface area (Å²) in [5, 5.41) is 5.29. The van der Waals surface area contributed by atoms with Crippen LogP contribution in [0.2, 0.25) is 0 Å². The summed E-state index contributed by atoms with van der Waals surface area (Å²) in [7, 11) is 0. The van der Waals surface area contributed by atoms with Crippen LogP contribution >= 0.6 is 23.7 Å². The maximum atomic E-state index is 12.3. The number of benzene rings is 1. The maximum Gasteiger partial charge on any atom is 0.275 e. The van der Waals surface area contributed by atoms with Gasteiger partial charge < -0.3 is 20.5 Å². The zero-order valence-corrected chi connectivity index (χ0v) is 15.4. The van der Waals surface area contributed by atoms with Gasteiger partial charge in [-0.05, 0) is 31.4 Å². The fraction of sp³-hybridized carbons (Fsp3) is 0.412. The molecular formula is C17H22ClN3O3S. The number of nitrogens with zero attached hydrogens (tertiary/aromatic N) is 1. The van der Waals surface area contributed by atoms with E-state index >= 15 is 0 Å². The molecule has 1 aromatic carbocycles. The molecule has 0 spiro atoms. The first-order valence-corrected chi connectivity index (χ1v) is 8.93. The van der Waals surface area contributed by atoms with Crippen molar-refractivity contribution in [3.8, 4) is 5.75 Å². The van der Waals surface area contributed by atoms with Crippen molar-refractivity contribution in [3.63, 3.8) is 0 Å². The van der Waals surface area contributed by atoms with Crippen LogP contribution in [0.25, 0.3) is 0 Å². The number of hydrogen-bond donors (Lipinski definition) is 2. The molecule has 1 aliphatic rings. The van der Waals surface area contributed by atoms with E-state index in [1.165, 1.54) is 17.8 Å². The number of nitrogens with one attached hydrogen (secondary N) is 1. The van der Waals surface area contributed by atoms with E-state index in [1.807, 2.05) is 24.3 Å². The summed E-state index contributed by atoms with van der Waals surface area (Å²) in [6, 6.07) is 7.38. The Kier molecular flexibility index (Phi) is 7.64. The summed E-state index contributed by atoms with van der Waals surface area (Å²) in [5.74, 6) is 0.366. The van der Waals surface area contributed by atoms with Crippen LogP contribution in [0.4, 0.5) is 5.69 Å². The van der Waals surface area contributed by atoms with Gasteiger partial charge in [0.05, 0.1) is 11.8 Å². The van der Waals surface area contributed by atoms with Crippen LogP contribution in [-0.4, -0.2) is 30.2 Å². The van der Waals surface area contributed by atoms with Gasteiger partial charge in [-0.15, -0.1) is 23.7 Å². The minimum atomic E-state index is -0.268. The smallest absolute Gasteiger partial charge is 0.275 e. The van der Waals surface area contributed by atoms with Crippen molar-refractivity contribution in [2.45, 2.75) is 31.9 Å². The van der Waals surface area contributed by atoms with Gasteiger partial charge in [0.25, 0.3) is 5.91 Å². The predicted molar refractivity (Wildman–Crippen MR) is 101 cm³/mol. The van der Waals surface area contributed by atoms with Gasteiger partial charge in [0.15, 0.2) is 0 Å². The Morgan fingerprint density at radius 3 is 2.96 bits per heavy atom. The van der Waals surface area contributed by atoms with Crippen LogP contribution in [0.3, 0.4) is 0 Å². The summed E-state index contributed by atoms with van der Waals surface area (Å²) in [6.07, 6.45) is 3.41. The highest BCUT2D eigenvalue weighted by atomic mass is 35.5. The van der Waals surface area contributed by atoms with E-state index in [4.69, 9.17) is 15.2 Å². The third-order valence-corrected chi connectivity index (χ3v) is 4.66. The van der Waals surface area contributed by atoms with Gasteiger partial charge in [0.2, 0.25) is 0 Å². The van der Waals surface area contributed by atoms with Crippen molar-refractivity contribution in [1.82, 2.24) is 4.98 Å². The van der Waals surface area contributed by atoms with E-state index in [0.29, 0.717) is 30.3 Å². The van der Waals surface area contributed by atoms with Crippen LogP contribution in [0.15, 0.2) is 29.6 Å². The first kappa shape index (κ1) is 19.7. The monoisotopic (exact) mass is 383 g/mol. The van der Waals surface area contributed by atoms with Crippen molar-refractivity contribution in [1.29, 1.82) is 0 Å². The van der Waals surface area contributed by atoms with Crippen LogP contribution in [0.1, 0.15) is 34.8 Å². The highest BCUT2D eigenvalue weighted by molar-refractivity contribution is 7.09. The molecule has 1 atom stereocenters. The average Bonchev–Trinajstić information content (AvgIpc) is 3.11. The van der Waals surface area contributed by atoms with E-state index in [1.54, 1.807) is 5.38 Å². The second-order valence-electron chi connectivity index (χ2n) is 5.58. The molecular weight excluding hydrogens is 362 g/mol. The maximum absolute atomic E-state index is 12.3. The average molecular weight is 384 g/mol. The number of halogens is 1. The fourth-order valence-electron chi connectivity index (χ4n) is 2.51. The van der Waals surface area contributed by atoms with Gasteiger partial charge >= 0.3 is 0 Å². The third kappa shape index (κ3) is 5.40. The molecule has 0 saturated carbocycles. The quantitative estimate of drug-likeness (QED) is 0.799. The predicted octanol–water partition coefficient (Wildman–Crippen LogP) is 3.22. The Hall–Kier alpha value is -1.67. The third-order valence-electron chi connectivity index (χ3n) is 3.79. The number of anilines is 1. The van der Waals surface area contributed by atoms with E-state index in [2.05, 4.69) is 10.3 Å². The molecule has 136 valence electrons. The molecule has 0 bridgehead atoms. The number of nitrogens with two attached hydrogens (primary N) is 1. The lowest BCUT2D eigenvalue weighted by Gasteiger charge is -2.23. The zero-order chi connectivity index (χ0) is 16.8. The largest absolute Gasteiger partial charge is 0.489 e. The minimum Gasteiger partial charge on any atom is -0.489 e. The zero-order valence-electron chi connectivity index (χ0n) is 13.8. The Morgan fingerprint density at radius 1 is 1.40 bits per heavy atom. The van der Waals surface area contributed by atoms with E-state index in [-0.39, 0.29) is 24.4 Å². The molecule has 1 unspecified atom stereocenters. The van der Waals surface area contributed by atoms with Gasteiger partial charge in [0.1, 0.15) is 23.1 Å². The number of thiazole rings is 1. The standard InChI is InChI=1S/C17H21N3O3S.ClH/c18-9-16-19-14(11-24-16)17(21)20-13-6-1-2-7-15(13)23-10-12-5-3-4-8-22-12;/h1-2,6-7,11-12H,3-5,8-10,18H2,(H,20,21);1H. The Balaban J connectivity index is 0.00000225. The summed E-state index contributed by atoms with van der Waals surface area (Å²) in [6.45, 7) is 1.61. The number of hydrogen-bond acceptors (Lipinski definition) is 6. The number of carbonyl (C=O) groups excluding carboxylic acids is 1. The van der Waals surface area contributed by atoms with E-state index in [0.717, 1.165) is 24.5 Å². The second-order valence-corrected chi connectivity index (χ2v) is 6.52. The summed E-state index contributed by atoms with van der Waals surface area (Å²) in [4.78, 5) is 16.5. The van der Waals surface area contributed by atoms with Gasteiger partial charge in [0, 0.05) is 18.5 Å². The lowest BCUT2D eigenvalue weighted by atomic mass is 10.1. The summed E-state index contributed by atoms with van der Waals surface area (Å²) in [5.41, 5.74) is 6.53. The lowest BCUT2D eigenvalue weighted by molar-refractivity contribution is -0.0109. The number of amides is 1. The fourth-order valence-corrected chi connectivity index (χ4v) is 3.17. The minimum absolute atomic E-state index is 0. The number of aromatic nitrogens is 1. The molecule has 2 heterocycles. The van der Waals surface area contributed by atoms with Crippen molar-refractivity contribution >= 4 is 35.3 Å². The summed E-state index contributed by atoms with van der Waals surface area (Å²) < 4.78 is 11.5. The molecule has 2 aromatic rings. The highest BCUT2D eigenvalue weighted by Gasteiger charge is 2.17. The summed E-state index contributed by atoms with van der Waals surface area (Å²) >= 11 is 1.38. The topological polar surface area (TPSA) is 86.5 Å². The molecule has 3 N–H and O–H groups in total. The number of ether oxygens (including phenoxy) is 2. The molecule has 8 heteroatoms. The van der Waals surface area contributed by atoms with Gasteiger partial charge in [-0.3, -0.25) is 4.79 Å². The molecule has 3 rings (SSSR count).